The van der Waals surface area contributed by atoms with Crippen LogP contribution in [-0.2, 0) is 18.6 Å². The summed E-state index contributed by atoms with van der Waals surface area (Å²) in [4.78, 5) is 14.6. The van der Waals surface area contributed by atoms with Gasteiger partial charge in [0.2, 0.25) is 0 Å². The topological polar surface area (TPSA) is 62.3 Å². The molecule has 0 aromatic rings. The van der Waals surface area contributed by atoms with E-state index in [4.69, 9.17) is 9.26 Å². The molecule has 2 atom stereocenters. The maximum absolute atomic E-state index is 13.7. The molecule has 1 saturated heterocycles. The van der Waals surface area contributed by atoms with Crippen LogP contribution in [-0.4, -0.2) is 78.7 Å². The Hall–Kier alpha value is -0.460. The number of unbranched alkanes of at least 4 members (excludes halogenated alkanes) is 2. The third-order valence-corrected chi connectivity index (χ3v) is 8.00. The van der Waals surface area contributed by atoms with Gasteiger partial charge in [-0.3, -0.25) is 9.36 Å². The maximum atomic E-state index is 13.7. The fraction of sp³-hybridized carbons (Fsp3) is 0.950. The van der Waals surface area contributed by atoms with Crippen molar-refractivity contribution >= 4 is 13.6 Å². The molecule has 0 bridgehead atoms. The number of nitrogens with zero attached hydrogens (tertiary/aromatic N) is 3. The fourth-order valence-corrected chi connectivity index (χ4v) is 5.67. The highest BCUT2D eigenvalue weighted by Crippen LogP contribution is 2.54. The van der Waals surface area contributed by atoms with Crippen LogP contribution in [0.25, 0.3) is 0 Å². The van der Waals surface area contributed by atoms with Gasteiger partial charge in [-0.1, -0.05) is 33.1 Å². The molecule has 2 unspecified atom stereocenters. The number of rotatable bonds is 12. The lowest BCUT2D eigenvalue weighted by atomic mass is 10.1. The molecule has 1 aliphatic heterocycles. The van der Waals surface area contributed by atoms with Gasteiger partial charge in [0.25, 0.3) is 5.91 Å². The molecule has 7 nitrogen and oxygen atoms in total. The summed E-state index contributed by atoms with van der Waals surface area (Å²) in [6.45, 7) is 12.4. The van der Waals surface area contributed by atoms with Gasteiger partial charge in [0, 0.05) is 32.8 Å². The van der Waals surface area contributed by atoms with E-state index in [2.05, 4.69) is 13.8 Å². The first-order valence-electron chi connectivity index (χ1n) is 10.8. The molecule has 0 aromatic carbocycles. The highest BCUT2D eigenvalue weighted by Gasteiger charge is 2.41. The number of carbonyl (C=O) groups excluding carboxylic acids is 1. The number of ether oxygens (including phenoxy) is 1. The van der Waals surface area contributed by atoms with Crippen LogP contribution in [0.3, 0.4) is 0 Å². The molecular formula is C20H42N3O4P. The van der Waals surface area contributed by atoms with E-state index in [0.29, 0.717) is 32.8 Å². The first kappa shape index (κ1) is 25.6. The SMILES string of the molecule is CCCCCC(CC)OP(=O)(N(C)C)N1CCN(C(=O)C(C)(C)OCC)CC1. The van der Waals surface area contributed by atoms with Crippen molar-refractivity contribution in [3.8, 4) is 0 Å². The van der Waals surface area contributed by atoms with E-state index in [-0.39, 0.29) is 12.0 Å². The average molecular weight is 420 g/mol. The minimum Gasteiger partial charge on any atom is -0.366 e. The second-order valence-electron chi connectivity index (χ2n) is 8.16. The van der Waals surface area contributed by atoms with Gasteiger partial charge in [-0.15, -0.1) is 0 Å². The zero-order valence-electron chi connectivity index (χ0n) is 19.1. The van der Waals surface area contributed by atoms with E-state index >= 15 is 0 Å². The first-order chi connectivity index (χ1) is 13.1. The molecule has 0 aliphatic carbocycles. The van der Waals surface area contributed by atoms with Gasteiger partial charge in [-0.05, 0) is 47.7 Å². The van der Waals surface area contributed by atoms with Crippen LogP contribution in [0.4, 0.5) is 0 Å². The molecule has 0 aromatic heterocycles. The summed E-state index contributed by atoms with van der Waals surface area (Å²) in [6, 6.07) is 0. The van der Waals surface area contributed by atoms with E-state index in [1.165, 1.54) is 6.42 Å². The number of hydrogen-bond donors (Lipinski definition) is 0. The quantitative estimate of drug-likeness (QED) is 0.352. The Bertz CT molecular complexity index is 520. The number of piperazine rings is 1. The monoisotopic (exact) mass is 419 g/mol. The summed E-state index contributed by atoms with van der Waals surface area (Å²) in [5.41, 5.74) is -0.828. The first-order valence-corrected chi connectivity index (χ1v) is 12.3. The lowest BCUT2D eigenvalue weighted by Crippen LogP contribution is -2.54. The third-order valence-electron chi connectivity index (χ3n) is 5.30. The highest BCUT2D eigenvalue weighted by atomic mass is 31.2. The average Bonchev–Trinajstić information content (AvgIpc) is 2.66. The van der Waals surface area contributed by atoms with E-state index < -0.39 is 13.3 Å². The highest BCUT2D eigenvalue weighted by molar-refractivity contribution is 7.53. The third kappa shape index (κ3) is 6.81. The predicted octanol–water partition coefficient (Wildman–Crippen LogP) is 3.99. The molecule has 8 heteroatoms. The Balaban J connectivity index is 2.76. The van der Waals surface area contributed by atoms with Crippen LogP contribution in [0.2, 0.25) is 0 Å². The van der Waals surface area contributed by atoms with E-state index in [0.717, 1.165) is 25.7 Å². The Kier molecular flexibility index (Phi) is 10.6. The zero-order chi connectivity index (χ0) is 21.4. The molecule has 1 heterocycles. The molecule has 0 N–H and O–H groups in total. The van der Waals surface area contributed by atoms with Gasteiger partial charge in [0.05, 0.1) is 6.10 Å². The molecule has 1 fully saturated rings. The molecule has 28 heavy (non-hydrogen) atoms. The molecule has 166 valence electrons. The molecule has 1 aliphatic rings. The van der Waals surface area contributed by atoms with Gasteiger partial charge in [-0.2, -0.15) is 0 Å². The van der Waals surface area contributed by atoms with Crippen LogP contribution in [0.15, 0.2) is 0 Å². The predicted molar refractivity (Wildman–Crippen MR) is 114 cm³/mol. The Morgan fingerprint density at radius 3 is 2.18 bits per heavy atom. The Labute approximate surface area is 172 Å². The molecule has 1 rings (SSSR count). The van der Waals surface area contributed by atoms with Crippen molar-refractivity contribution in [1.82, 2.24) is 14.2 Å². The number of amides is 1. The molecule has 0 spiro atoms. The van der Waals surface area contributed by atoms with Gasteiger partial charge in [-0.25, -0.2) is 9.34 Å². The standard InChI is InChI=1S/C20H42N3O4P/c1-8-11-12-13-18(9-2)27-28(25,21(6)7)23-16-14-22(15-17-23)19(24)20(4,5)26-10-3/h18H,8-17H2,1-7H3. The van der Waals surface area contributed by atoms with E-state index in [1.807, 2.05) is 30.6 Å². The van der Waals surface area contributed by atoms with Gasteiger partial charge < -0.3 is 14.2 Å². The minimum absolute atomic E-state index is 0.00340. The second kappa shape index (κ2) is 11.7. The number of hydrogen-bond acceptors (Lipinski definition) is 4. The summed E-state index contributed by atoms with van der Waals surface area (Å²) in [5, 5.41) is 0. The van der Waals surface area contributed by atoms with E-state index in [1.54, 1.807) is 18.5 Å². The van der Waals surface area contributed by atoms with E-state index in [9.17, 15) is 9.36 Å². The van der Waals surface area contributed by atoms with Crippen LogP contribution >= 0.6 is 7.67 Å². The summed E-state index contributed by atoms with van der Waals surface area (Å²) >= 11 is 0. The second-order valence-corrected chi connectivity index (χ2v) is 10.7. The zero-order valence-corrected chi connectivity index (χ0v) is 20.0. The van der Waals surface area contributed by atoms with Crippen LogP contribution in [0, 0.1) is 0 Å². The van der Waals surface area contributed by atoms with Crippen LogP contribution in [0.5, 0.6) is 0 Å². The van der Waals surface area contributed by atoms with Crippen molar-refractivity contribution in [2.24, 2.45) is 0 Å². The van der Waals surface area contributed by atoms with Crippen molar-refractivity contribution in [2.75, 3.05) is 46.9 Å². The van der Waals surface area contributed by atoms with Crippen molar-refractivity contribution < 1.29 is 18.6 Å². The molecule has 0 radical (unpaired) electrons. The van der Waals surface area contributed by atoms with Crippen molar-refractivity contribution in [2.45, 2.75) is 78.4 Å². The fourth-order valence-electron chi connectivity index (χ4n) is 3.52. The van der Waals surface area contributed by atoms with Crippen molar-refractivity contribution in [1.29, 1.82) is 0 Å². The summed E-state index contributed by atoms with van der Waals surface area (Å²) < 4.78 is 29.2. The van der Waals surface area contributed by atoms with Crippen molar-refractivity contribution in [3.05, 3.63) is 0 Å². The summed E-state index contributed by atoms with van der Waals surface area (Å²) in [7, 11) is 0.529. The minimum atomic E-state index is -3.10. The summed E-state index contributed by atoms with van der Waals surface area (Å²) in [6.07, 6.45) is 5.21. The van der Waals surface area contributed by atoms with Gasteiger partial charge >= 0.3 is 7.67 Å². The lowest BCUT2D eigenvalue weighted by Gasteiger charge is -2.43. The van der Waals surface area contributed by atoms with Crippen molar-refractivity contribution in [3.63, 3.8) is 0 Å². The summed E-state index contributed by atoms with van der Waals surface area (Å²) in [5.74, 6) is -0.0133. The van der Waals surface area contributed by atoms with Gasteiger partial charge in [0.15, 0.2) is 0 Å². The van der Waals surface area contributed by atoms with Crippen LogP contribution in [0.1, 0.15) is 66.7 Å². The number of carbonyl (C=O) groups is 1. The normalized spacial score (nSPS) is 19.6. The largest absolute Gasteiger partial charge is 0.366 e. The molecule has 0 saturated carbocycles. The Morgan fingerprint density at radius 1 is 1.11 bits per heavy atom. The smallest absolute Gasteiger partial charge is 0.345 e. The van der Waals surface area contributed by atoms with Crippen LogP contribution < -0.4 is 0 Å². The molecular weight excluding hydrogens is 377 g/mol. The lowest BCUT2D eigenvalue weighted by molar-refractivity contribution is -0.155. The maximum Gasteiger partial charge on any atom is 0.345 e. The van der Waals surface area contributed by atoms with Gasteiger partial charge in [0.1, 0.15) is 5.60 Å². The Morgan fingerprint density at radius 2 is 1.71 bits per heavy atom. The molecule has 1 amide bonds.